The van der Waals surface area contributed by atoms with Gasteiger partial charge in [-0.2, -0.15) is 0 Å². The molecule has 2 aromatic carbocycles. The van der Waals surface area contributed by atoms with E-state index < -0.39 is 0 Å². The summed E-state index contributed by atoms with van der Waals surface area (Å²) in [6, 6.07) is 11.1. The SMILES string of the molecule is CCOc1c(C=CC(=O)c2ccc(C(=O)N(C)C)cc2)cc(C(C)(C)C)cc1C(C)(C)C. The van der Waals surface area contributed by atoms with Crippen LogP contribution >= 0.6 is 0 Å². The monoisotopic (exact) mass is 435 g/mol. The van der Waals surface area contributed by atoms with Gasteiger partial charge in [0.2, 0.25) is 0 Å². The number of hydrogen-bond donors (Lipinski definition) is 0. The van der Waals surface area contributed by atoms with Gasteiger partial charge in [-0.3, -0.25) is 9.59 Å². The summed E-state index contributed by atoms with van der Waals surface area (Å²) in [6.07, 6.45) is 3.43. The molecule has 0 unspecified atom stereocenters. The zero-order chi connectivity index (χ0) is 24.3. The lowest BCUT2D eigenvalue weighted by Crippen LogP contribution is -2.21. The number of ketones is 1. The number of allylic oxidation sites excluding steroid dienone is 1. The van der Waals surface area contributed by atoms with Gasteiger partial charge in [-0.1, -0.05) is 59.7 Å². The van der Waals surface area contributed by atoms with Gasteiger partial charge in [-0.15, -0.1) is 0 Å². The van der Waals surface area contributed by atoms with Crippen LogP contribution in [0.2, 0.25) is 0 Å². The highest BCUT2D eigenvalue weighted by Crippen LogP contribution is 2.39. The Morgan fingerprint density at radius 1 is 0.906 bits per heavy atom. The minimum absolute atomic E-state index is 0.0356. The normalized spacial score (nSPS) is 12.2. The van der Waals surface area contributed by atoms with E-state index in [1.807, 2.05) is 13.0 Å². The van der Waals surface area contributed by atoms with Crippen molar-refractivity contribution in [2.45, 2.75) is 59.3 Å². The first-order valence-electron chi connectivity index (χ1n) is 11.1. The van der Waals surface area contributed by atoms with Crippen LogP contribution in [0.15, 0.2) is 42.5 Å². The Kier molecular flexibility index (Phi) is 7.71. The minimum atomic E-state index is -0.116. The van der Waals surface area contributed by atoms with Crippen molar-refractivity contribution < 1.29 is 14.3 Å². The maximum absolute atomic E-state index is 12.8. The van der Waals surface area contributed by atoms with Crippen molar-refractivity contribution in [2.24, 2.45) is 0 Å². The number of nitrogens with zero attached hydrogens (tertiary/aromatic N) is 1. The summed E-state index contributed by atoms with van der Waals surface area (Å²) >= 11 is 0. The van der Waals surface area contributed by atoms with Crippen molar-refractivity contribution in [3.63, 3.8) is 0 Å². The second-order valence-corrected chi connectivity index (χ2v) is 10.3. The summed E-state index contributed by atoms with van der Waals surface area (Å²) in [7, 11) is 3.41. The summed E-state index contributed by atoms with van der Waals surface area (Å²) < 4.78 is 6.06. The van der Waals surface area contributed by atoms with E-state index in [1.165, 1.54) is 10.5 Å². The number of benzene rings is 2. The molecular weight excluding hydrogens is 398 g/mol. The molecule has 4 heteroatoms. The third-order valence-electron chi connectivity index (χ3n) is 5.32. The Bertz CT molecular complexity index is 1000. The van der Waals surface area contributed by atoms with Gasteiger partial charge in [-0.25, -0.2) is 0 Å². The number of ether oxygens (including phenoxy) is 1. The molecule has 1 amide bonds. The van der Waals surface area contributed by atoms with Crippen molar-refractivity contribution in [3.05, 3.63) is 70.3 Å². The highest BCUT2D eigenvalue weighted by atomic mass is 16.5. The third kappa shape index (κ3) is 6.09. The van der Waals surface area contributed by atoms with Crippen LogP contribution in [0, 0.1) is 0 Å². The highest BCUT2D eigenvalue weighted by Gasteiger charge is 2.25. The molecule has 0 aliphatic carbocycles. The van der Waals surface area contributed by atoms with Gasteiger partial charge in [0.1, 0.15) is 5.75 Å². The topological polar surface area (TPSA) is 46.6 Å². The van der Waals surface area contributed by atoms with Gasteiger partial charge in [0.05, 0.1) is 6.61 Å². The predicted molar refractivity (Wildman–Crippen MR) is 133 cm³/mol. The number of carbonyl (C=O) groups is 2. The Labute approximate surface area is 193 Å². The summed E-state index contributed by atoms with van der Waals surface area (Å²) in [5.41, 5.74) is 4.19. The molecule has 0 aromatic heterocycles. The van der Waals surface area contributed by atoms with E-state index in [0.717, 1.165) is 16.9 Å². The molecule has 0 aliphatic heterocycles. The highest BCUT2D eigenvalue weighted by molar-refractivity contribution is 6.07. The molecular formula is C28H37NO3. The summed E-state index contributed by atoms with van der Waals surface area (Å²) in [5.74, 6) is 0.619. The fraction of sp³-hybridized carbons (Fsp3) is 0.429. The molecule has 0 saturated heterocycles. The average molecular weight is 436 g/mol. The third-order valence-corrected chi connectivity index (χ3v) is 5.32. The van der Waals surface area contributed by atoms with E-state index in [4.69, 9.17) is 4.74 Å². The quantitative estimate of drug-likeness (QED) is 0.396. The molecule has 0 atom stereocenters. The van der Waals surface area contributed by atoms with Gasteiger partial charge >= 0.3 is 0 Å². The first-order valence-corrected chi connectivity index (χ1v) is 11.1. The number of hydrogen-bond acceptors (Lipinski definition) is 3. The van der Waals surface area contributed by atoms with E-state index in [2.05, 4.69) is 53.7 Å². The van der Waals surface area contributed by atoms with Crippen molar-refractivity contribution >= 4 is 17.8 Å². The molecule has 0 fully saturated rings. The van der Waals surface area contributed by atoms with Crippen LogP contribution in [0.25, 0.3) is 6.08 Å². The molecule has 32 heavy (non-hydrogen) atoms. The first kappa shape index (κ1) is 25.4. The van der Waals surface area contributed by atoms with Gasteiger partial charge in [0.15, 0.2) is 5.78 Å². The van der Waals surface area contributed by atoms with E-state index >= 15 is 0 Å². The molecule has 0 heterocycles. The van der Waals surface area contributed by atoms with Gasteiger partial charge in [-0.05, 0) is 53.7 Å². The smallest absolute Gasteiger partial charge is 0.253 e. The van der Waals surface area contributed by atoms with Crippen molar-refractivity contribution in [1.29, 1.82) is 0 Å². The standard InChI is InChI=1S/C28H37NO3/c1-10-32-25-21(17-22(27(2,3)4)18-23(25)28(5,6)7)15-16-24(30)19-11-13-20(14-12-19)26(31)29(8)9/h11-18H,10H2,1-9H3. The van der Waals surface area contributed by atoms with Crippen molar-refractivity contribution in [1.82, 2.24) is 4.90 Å². The Balaban J connectivity index is 2.47. The van der Waals surface area contributed by atoms with E-state index in [0.29, 0.717) is 17.7 Å². The average Bonchev–Trinajstić information content (AvgIpc) is 2.70. The van der Waals surface area contributed by atoms with Crippen LogP contribution < -0.4 is 4.74 Å². The lowest BCUT2D eigenvalue weighted by Gasteiger charge is -2.28. The van der Waals surface area contributed by atoms with Crippen LogP contribution in [-0.4, -0.2) is 37.3 Å². The first-order chi connectivity index (χ1) is 14.8. The zero-order valence-electron chi connectivity index (χ0n) is 21.0. The lowest BCUT2D eigenvalue weighted by atomic mass is 9.79. The summed E-state index contributed by atoms with van der Waals surface area (Å²) in [4.78, 5) is 26.4. The predicted octanol–water partition coefficient (Wildman–Crippen LogP) is 6.28. The van der Waals surface area contributed by atoms with E-state index in [9.17, 15) is 9.59 Å². The Hall–Kier alpha value is -2.88. The van der Waals surface area contributed by atoms with Gasteiger partial charge in [0.25, 0.3) is 5.91 Å². The lowest BCUT2D eigenvalue weighted by molar-refractivity contribution is 0.0827. The van der Waals surface area contributed by atoms with Gasteiger partial charge in [0, 0.05) is 36.3 Å². The zero-order valence-corrected chi connectivity index (χ0v) is 21.0. The van der Waals surface area contributed by atoms with Crippen LogP contribution in [0.1, 0.15) is 85.9 Å². The molecule has 2 rings (SSSR count). The van der Waals surface area contributed by atoms with E-state index in [1.54, 1.807) is 44.4 Å². The fourth-order valence-corrected chi connectivity index (χ4v) is 3.37. The molecule has 0 bridgehead atoms. The fourth-order valence-electron chi connectivity index (χ4n) is 3.37. The molecule has 0 spiro atoms. The van der Waals surface area contributed by atoms with E-state index in [-0.39, 0.29) is 22.5 Å². The molecule has 2 aromatic rings. The van der Waals surface area contributed by atoms with Crippen LogP contribution in [0.3, 0.4) is 0 Å². The van der Waals surface area contributed by atoms with Gasteiger partial charge < -0.3 is 9.64 Å². The number of rotatable bonds is 6. The summed E-state index contributed by atoms with van der Waals surface area (Å²) in [6.45, 7) is 15.6. The second-order valence-electron chi connectivity index (χ2n) is 10.3. The largest absolute Gasteiger partial charge is 0.493 e. The Morgan fingerprint density at radius 3 is 1.94 bits per heavy atom. The van der Waals surface area contributed by atoms with Crippen LogP contribution in [-0.2, 0) is 10.8 Å². The molecule has 4 nitrogen and oxygen atoms in total. The maximum atomic E-state index is 12.8. The number of amides is 1. The van der Waals surface area contributed by atoms with Crippen LogP contribution in [0.5, 0.6) is 5.75 Å². The molecule has 0 radical (unpaired) electrons. The molecule has 172 valence electrons. The minimum Gasteiger partial charge on any atom is -0.493 e. The summed E-state index contributed by atoms with van der Waals surface area (Å²) in [5, 5.41) is 0. The van der Waals surface area contributed by atoms with Crippen LogP contribution in [0.4, 0.5) is 0 Å². The second kappa shape index (κ2) is 9.72. The number of carbonyl (C=O) groups excluding carboxylic acids is 2. The maximum Gasteiger partial charge on any atom is 0.253 e. The van der Waals surface area contributed by atoms with Crippen molar-refractivity contribution in [3.8, 4) is 5.75 Å². The molecule has 0 saturated carbocycles. The van der Waals surface area contributed by atoms with Crippen molar-refractivity contribution in [2.75, 3.05) is 20.7 Å². The molecule has 0 N–H and O–H groups in total. The Morgan fingerprint density at radius 2 is 1.47 bits per heavy atom. The molecule has 0 aliphatic rings.